The van der Waals surface area contributed by atoms with E-state index in [0.717, 1.165) is 12.1 Å². The molecule has 150 valence electrons. The van der Waals surface area contributed by atoms with Crippen molar-refractivity contribution in [1.82, 2.24) is 4.98 Å². The lowest BCUT2D eigenvalue weighted by Gasteiger charge is -2.09. The van der Waals surface area contributed by atoms with Gasteiger partial charge in [0, 0.05) is 22.3 Å². The average Bonchev–Trinajstić information content (AvgIpc) is 3.08. The first-order valence-electron chi connectivity index (χ1n) is 8.50. The van der Waals surface area contributed by atoms with Crippen LogP contribution in [0.1, 0.15) is 28.5 Å². The van der Waals surface area contributed by atoms with Crippen molar-refractivity contribution < 1.29 is 22.8 Å². The molecule has 29 heavy (non-hydrogen) atoms. The molecule has 0 aliphatic heterocycles. The van der Waals surface area contributed by atoms with Crippen molar-refractivity contribution in [3.63, 3.8) is 0 Å². The van der Waals surface area contributed by atoms with Crippen LogP contribution in [0.15, 0.2) is 53.9 Å². The van der Waals surface area contributed by atoms with Gasteiger partial charge in [-0.25, -0.2) is 4.98 Å². The first-order chi connectivity index (χ1) is 13.7. The molecule has 0 atom stereocenters. The number of carbonyl (C=O) groups is 2. The maximum Gasteiger partial charge on any atom is 0.416 e. The Morgan fingerprint density at radius 3 is 2.52 bits per heavy atom. The van der Waals surface area contributed by atoms with Gasteiger partial charge < -0.3 is 10.6 Å². The van der Waals surface area contributed by atoms with Gasteiger partial charge in [0.15, 0.2) is 10.9 Å². The number of hydrogen-bond acceptors (Lipinski definition) is 5. The Balaban J connectivity index is 1.62. The summed E-state index contributed by atoms with van der Waals surface area (Å²) in [4.78, 5) is 27.9. The summed E-state index contributed by atoms with van der Waals surface area (Å²) in [5.41, 5.74) is 0.964. The molecule has 5 nitrogen and oxygen atoms in total. The van der Waals surface area contributed by atoms with Crippen LogP contribution in [-0.2, 0) is 17.4 Å². The Labute approximate surface area is 168 Å². The van der Waals surface area contributed by atoms with E-state index in [-0.39, 0.29) is 23.8 Å². The zero-order valence-electron chi connectivity index (χ0n) is 15.2. The summed E-state index contributed by atoms with van der Waals surface area (Å²) in [6.45, 7) is 1.44. The number of Topliss-reactive ketones (excluding diaryl/α,β-unsaturated/α-hetero) is 1. The van der Waals surface area contributed by atoms with Crippen LogP contribution >= 0.6 is 11.3 Å². The monoisotopic (exact) mass is 419 g/mol. The van der Waals surface area contributed by atoms with Crippen LogP contribution in [0.4, 0.5) is 29.7 Å². The molecule has 3 rings (SSSR count). The molecule has 2 N–H and O–H groups in total. The zero-order chi connectivity index (χ0) is 21.0. The number of anilines is 3. The molecule has 1 amide bonds. The molecule has 0 spiro atoms. The number of benzene rings is 2. The van der Waals surface area contributed by atoms with Crippen LogP contribution in [0.25, 0.3) is 0 Å². The molecule has 0 saturated heterocycles. The summed E-state index contributed by atoms with van der Waals surface area (Å²) < 4.78 is 38.4. The summed E-state index contributed by atoms with van der Waals surface area (Å²) >= 11 is 1.18. The second-order valence-corrected chi connectivity index (χ2v) is 7.07. The normalized spacial score (nSPS) is 11.2. The van der Waals surface area contributed by atoms with Crippen LogP contribution in [0.3, 0.4) is 0 Å². The SMILES string of the molecule is CC(=O)c1cccc(NC(=O)Cc2csc(Nc3cccc(C(F)(F)F)c3)n2)c1. The second kappa shape index (κ2) is 8.44. The molecule has 1 heterocycles. The largest absolute Gasteiger partial charge is 0.416 e. The molecule has 2 aromatic carbocycles. The minimum atomic E-state index is -4.43. The number of aromatic nitrogens is 1. The maximum absolute atomic E-state index is 12.8. The van der Waals surface area contributed by atoms with Crippen LogP contribution < -0.4 is 10.6 Å². The summed E-state index contributed by atoms with van der Waals surface area (Å²) in [5.74, 6) is -0.424. The van der Waals surface area contributed by atoms with E-state index in [4.69, 9.17) is 0 Å². The van der Waals surface area contributed by atoms with E-state index in [1.807, 2.05) is 0 Å². The highest BCUT2D eigenvalue weighted by Crippen LogP contribution is 2.31. The van der Waals surface area contributed by atoms with E-state index in [2.05, 4.69) is 15.6 Å². The number of rotatable bonds is 6. The Morgan fingerprint density at radius 2 is 1.79 bits per heavy atom. The Bertz CT molecular complexity index is 1050. The third-order valence-corrected chi connectivity index (χ3v) is 4.69. The van der Waals surface area contributed by atoms with Crippen molar-refractivity contribution >= 4 is 39.5 Å². The molecule has 0 aliphatic rings. The van der Waals surface area contributed by atoms with Gasteiger partial charge in [0.25, 0.3) is 0 Å². The van der Waals surface area contributed by atoms with E-state index in [9.17, 15) is 22.8 Å². The molecule has 0 saturated carbocycles. The Morgan fingerprint density at radius 1 is 1.07 bits per heavy atom. The highest BCUT2D eigenvalue weighted by molar-refractivity contribution is 7.13. The van der Waals surface area contributed by atoms with Crippen LogP contribution in [0.5, 0.6) is 0 Å². The molecule has 0 unspecified atom stereocenters. The summed E-state index contributed by atoms with van der Waals surface area (Å²) in [5, 5.41) is 7.55. The number of halogens is 3. The molecule has 9 heteroatoms. The van der Waals surface area contributed by atoms with Gasteiger partial charge in [-0.3, -0.25) is 9.59 Å². The summed E-state index contributed by atoms with van der Waals surface area (Å²) in [6, 6.07) is 11.4. The van der Waals surface area contributed by atoms with Gasteiger partial charge in [-0.1, -0.05) is 18.2 Å². The number of alkyl halides is 3. The van der Waals surface area contributed by atoms with E-state index in [1.165, 1.54) is 30.4 Å². The predicted molar refractivity (Wildman–Crippen MR) is 106 cm³/mol. The smallest absolute Gasteiger partial charge is 0.332 e. The number of nitrogens with zero attached hydrogens (tertiary/aromatic N) is 1. The first kappa shape index (κ1) is 20.5. The highest BCUT2D eigenvalue weighted by atomic mass is 32.1. The van der Waals surface area contributed by atoms with Gasteiger partial charge >= 0.3 is 6.18 Å². The minimum absolute atomic E-state index is 0.00886. The van der Waals surface area contributed by atoms with Crippen molar-refractivity contribution in [2.75, 3.05) is 10.6 Å². The Kier molecular flexibility index (Phi) is 5.97. The molecule has 0 aliphatic carbocycles. The van der Waals surface area contributed by atoms with E-state index in [0.29, 0.717) is 22.1 Å². The molecule has 0 bridgehead atoms. The molecule has 3 aromatic rings. The molecule has 0 radical (unpaired) electrons. The zero-order valence-corrected chi connectivity index (χ0v) is 16.0. The van der Waals surface area contributed by atoms with Gasteiger partial charge in [-0.2, -0.15) is 13.2 Å². The van der Waals surface area contributed by atoms with Crippen molar-refractivity contribution in [2.45, 2.75) is 19.5 Å². The Hall–Kier alpha value is -3.20. The van der Waals surface area contributed by atoms with Crippen molar-refractivity contribution in [2.24, 2.45) is 0 Å². The van der Waals surface area contributed by atoms with Gasteiger partial charge in [-0.15, -0.1) is 11.3 Å². The molecule has 0 fully saturated rings. The fourth-order valence-corrected chi connectivity index (χ4v) is 3.26. The quantitative estimate of drug-likeness (QED) is 0.533. The molecule has 1 aromatic heterocycles. The van der Waals surface area contributed by atoms with Crippen LogP contribution in [-0.4, -0.2) is 16.7 Å². The number of carbonyl (C=O) groups excluding carboxylic acids is 2. The lowest BCUT2D eigenvalue weighted by Crippen LogP contribution is -2.15. The third kappa shape index (κ3) is 5.64. The minimum Gasteiger partial charge on any atom is -0.332 e. The van der Waals surface area contributed by atoms with Crippen LogP contribution in [0, 0.1) is 0 Å². The highest BCUT2D eigenvalue weighted by Gasteiger charge is 2.30. The molecular weight excluding hydrogens is 403 g/mol. The summed E-state index contributed by atoms with van der Waals surface area (Å²) in [7, 11) is 0. The first-order valence-corrected chi connectivity index (χ1v) is 9.38. The maximum atomic E-state index is 12.8. The number of thiazole rings is 1. The predicted octanol–water partition coefficient (Wildman–Crippen LogP) is 5.29. The van der Waals surface area contributed by atoms with Gasteiger partial charge in [-0.05, 0) is 37.3 Å². The van der Waals surface area contributed by atoms with Crippen molar-refractivity contribution in [1.29, 1.82) is 0 Å². The molecular formula is C20H16F3N3O2S. The lowest BCUT2D eigenvalue weighted by molar-refractivity contribution is -0.137. The standard InChI is InChI=1S/C20H16F3N3O2S/c1-12(27)13-4-2-6-15(8-13)24-18(28)10-17-11-29-19(26-17)25-16-7-3-5-14(9-16)20(21,22)23/h2-9,11H,10H2,1H3,(H,24,28)(H,25,26). The van der Waals surface area contributed by atoms with Gasteiger partial charge in [0.2, 0.25) is 5.91 Å². The number of nitrogens with one attached hydrogen (secondary N) is 2. The third-order valence-electron chi connectivity index (χ3n) is 3.89. The van der Waals surface area contributed by atoms with Crippen LogP contribution in [0.2, 0.25) is 0 Å². The summed E-state index contributed by atoms with van der Waals surface area (Å²) in [6.07, 6.45) is -4.44. The fourth-order valence-electron chi connectivity index (χ4n) is 2.53. The topological polar surface area (TPSA) is 71.1 Å². The van der Waals surface area contributed by atoms with Gasteiger partial charge in [0.1, 0.15) is 0 Å². The lowest BCUT2D eigenvalue weighted by atomic mass is 10.1. The number of hydrogen-bond donors (Lipinski definition) is 2. The van der Waals surface area contributed by atoms with E-state index >= 15 is 0 Å². The van der Waals surface area contributed by atoms with E-state index < -0.39 is 11.7 Å². The van der Waals surface area contributed by atoms with Crippen molar-refractivity contribution in [3.05, 3.63) is 70.7 Å². The van der Waals surface area contributed by atoms with Gasteiger partial charge in [0.05, 0.1) is 17.7 Å². The fraction of sp³-hybridized carbons (Fsp3) is 0.150. The number of ketones is 1. The average molecular weight is 419 g/mol. The van der Waals surface area contributed by atoms with E-state index in [1.54, 1.807) is 29.6 Å². The van der Waals surface area contributed by atoms with Crippen molar-refractivity contribution in [3.8, 4) is 0 Å². The number of amides is 1. The second-order valence-electron chi connectivity index (χ2n) is 6.21.